The van der Waals surface area contributed by atoms with Crippen LogP contribution in [-0.2, 0) is 4.74 Å². The fourth-order valence-electron chi connectivity index (χ4n) is 2.08. The quantitative estimate of drug-likeness (QED) is 0.905. The Labute approximate surface area is 115 Å². The van der Waals surface area contributed by atoms with Crippen molar-refractivity contribution in [3.05, 3.63) is 28.5 Å². The Hall–Kier alpha value is -0.650. The van der Waals surface area contributed by atoms with Crippen LogP contribution in [0, 0.1) is 5.82 Å². The summed E-state index contributed by atoms with van der Waals surface area (Å²) in [7, 11) is 1.91. The maximum Gasteiger partial charge on any atom is 0.128 e. The van der Waals surface area contributed by atoms with Gasteiger partial charge in [-0.25, -0.2) is 4.39 Å². The highest BCUT2D eigenvalue weighted by Crippen LogP contribution is 2.23. The minimum atomic E-state index is -0.306. The molecule has 5 heteroatoms. The molecule has 0 bridgehead atoms. The Morgan fingerprint density at radius 2 is 2.17 bits per heavy atom. The van der Waals surface area contributed by atoms with Crippen molar-refractivity contribution in [3.63, 3.8) is 0 Å². The van der Waals surface area contributed by atoms with Crippen LogP contribution in [0.2, 0.25) is 0 Å². The van der Waals surface area contributed by atoms with E-state index < -0.39 is 0 Å². The van der Waals surface area contributed by atoms with Crippen LogP contribution in [0.3, 0.4) is 0 Å². The Morgan fingerprint density at radius 3 is 2.89 bits per heavy atom. The molecule has 1 saturated heterocycles. The third kappa shape index (κ3) is 3.93. The van der Waals surface area contributed by atoms with Crippen molar-refractivity contribution in [2.24, 2.45) is 0 Å². The van der Waals surface area contributed by atoms with Crippen LogP contribution in [0.25, 0.3) is 0 Å². The molecule has 1 N–H and O–H groups in total. The van der Waals surface area contributed by atoms with Gasteiger partial charge in [-0.2, -0.15) is 0 Å². The van der Waals surface area contributed by atoms with Gasteiger partial charge < -0.3 is 14.8 Å². The largest absolute Gasteiger partial charge is 0.491 e. The second-order valence-electron chi connectivity index (χ2n) is 4.43. The van der Waals surface area contributed by atoms with Gasteiger partial charge in [-0.05, 0) is 32.0 Å². The van der Waals surface area contributed by atoms with Gasteiger partial charge in [0.2, 0.25) is 0 Å². The van der Waals surface area contributed by atoms with Crippen LogP contribution in [0.1, 0.15) is 12.8 Å². The summed E-state index contributed by atoms with van der Waals surface area (Å²) in [6.07, 6.45) is 2.40. The van der Waals surface area contributed by atoms with Crippen molar-refractivity contribution >= 4 is 15.9 Å². The summed E-state index contributed by atoms with van der Waals surface area (Å²) in [4.78, 5) is 0. The Morgan fingerprint density at radius 1 is 1.39 bits per heavy atom. The lowest BCUT2D eigenvalue weighted by Crippen LogP contribution is -2.25. The van der Waals surface area contributed by atoms with E-state index in [4.69, 9.17) is 9.47 Å². The summed E-state index contributed by atoms with van der Waals surface area (Å²) >= 11 is 3.24. The van der Waals surface area contributed by atoms with Gasteiger partial charge in [-0.3, -0.25) is 0 Å². The first kappa shape index (κ1) is 13.8. The molecule has 1 aromatic rings. The third-order valence-electron chi connectivity index (χ3n) is 2.90. The van der Waals surface area contributed by atoms with Gasteiger partial charge in [0, 0.05) is 17.1 Å². The summed E-state index contributed by atoms with van der Waals surface area (Å²) in [6.45, 7) is 1.33. The van der Waals surface area contributed by atoms with Gasteiger partial charge in [0.25, 0.3) is 0 Å². The molecule has 1 aliphatic heterocycles. The number of benzene rings is 1. The SMILES string of the molecule is CNCC1CCC(COc2cc(F)cc(Br)c2)O1. The lowest BCUT2D eigenvalue weighted by molar-refractivity contribution is 0.0193. The smallest absolute Gasteiger partial charge is 0.128 e. The maximum absolute atomic E-state index is 13.1. The number of likely N-dealkylation sites (N-methyl/N-ethyl adjacent to an activating group) is 1. The monoisotopic (exact) mass is 317 g/mol. The summed E-state index contributed by atoms with van der Waals surface area (Å²) in [6, 6.07) is 4.54. The van der Waals surface area contributed by atoms with E-state index in [2.05, 4.69) is 21.2 Å². The molecule has 2 unspecified atom stereocenters. The molecule has 0 aromatic heterocycles. The van der Waals surface area contributed by atoms with Gasteiger partial charge in [-0.1, -0.05) is 15.9 Å². The van der Waals surface area contributed by atoms with Gasteiger partial charge >= 0.3 is 0 Å². The second-order valence-corrected chi connectivity index (χ2v) is 5.35. The van der Waals surface area contributed by atoms with Gasteiger partial charge in [-0.15, -0.1) is 0 Å². The Kier molecular flexibility index (Phi) is 4.97. The molecule has 1 aliphatic rings. The first-order chi connectivity index (χ1) is 8.67. The molecule has 1 heterocycles. The number of ether oxygens (including phenoxy) is 2. The lowest BCUT2D eigenvalue weighted by Gasteiger charge is -2.14. The van der Waals surface area contributed by atoms with Crippen LogP contribution in [-0.4, -0.2) is 32.4 Å². The molecule has 100 valence electrons. The van der Waals surface area contributed by atoms with Crippen molar-refractivity contribution in [2.75, 3.05) is 20.2 Å². The van der Waals surface area contributed by atoms with Crippen molar-refractivity contribution in [1.29, 1.82) is 0 Å². The molecule has 2 rings (SSSR count). The zero-order valence-electron chi connectivity index (χ0n) is 10.3. The molecule has 0 spiro atoms. The van der Waals surface area contributed by atoms with E-state index in [0.717, 1.165) is 19.4 Å². The summed E-state index contributed by atoms with van der Waals surface area (Å²) < 4.78 is 25.2. The van der Waals surface area contributed by atoms with E-state index in [1.165, 1.54) is 12.1 Å². The van der Waals surface area contributed by atoms with E-state index in [0.29, 0.717) is 16.8 Å². The van der Waals surface area contributed by atoms with Crippen LogP contribution in [0.4, 0.5) is 4.39 Å². The number of rotatable bonds is 5. The van der Waals surface area contributed by atoms with Gasteiger partial charge in [0.15, 0.2) is 0 Å². The van der Waals surface area contributed by atoms with E-state index >= 15 is 0 Å². The van der Waals surface area contributed by atoms with E-state index in [-0.39, 0.29) is 18.0 Å². The number of hydrogen-bond donors (Lipinski definition) is 1. The highest BCUT2D eigenvalue weighted by atomic mass is 79.9. The zero-order chi connectivity index (χ0) is 13.0. The van der Waals surface area contributed by atoms with Crippen molar-refractivity contribution in [3.8, 4) is 5.75 Å². The average molecular weight is 318 g/mol. The molecule has 0 aliphatic carbocycles. The Balaban J connectivity index is 1.81. The van der Waals surface area contributed by atoms with E-state index in [1.807, 2.05) is 7.05 Å². The summed E-state index contributed by atoms with van der Waals surface area (Å²) in [5.41, 5.74) is 0. The van der Waals surface area contributed by atoms with Gasteiger partial charge in [0.1, 0.15) is 18.2 Å². The van der Waals surface area contributed by atoms with Crippen molar-refractivity contribution < 1.29 is 13.9 Å². The van der Waals surface area contributed by atoms with Crippen molar-refractivity contribution in [1.82, 2.24) is 5.32 Å². The van der Waals surface area contributed by atoms with Crippen LogP contribution < -0.4 is 10.1 Å². The first-order valence-corrected chi connectivity index (χ1v) is 6.85. The summed E-state index contributed by atoms with van der Waals surface area (Å²) in [5.74, 6) is 0.224. The molecule has 0 amide bonds. The standard InChI is InChI=1S/C13H17BrFNO2/c1-16-7-11-2-3-12(18-11)8-17-13-5-9(14)4-10(15)6-13/h4-6,11-12,16H,2-3,7-8H2,1H3. The number of nitrogens with one attached hydrogen (secondary N) is 1. The molecule has 0 radical (unpaired) electrons. The molecule has 3 nitrogen and oxygen atoms in total. The fourth-order valence-corrected chi connectivity index (χ4v) is 2.53. The molecule has 1 aromatic carbocycles. The van der Waals surface area contributed by atoms with Crippen molar-refractivity contribution in [2.45, 2.75) is 25.0 Å². The molecule has 0 saturated carbocycles. The first-order valence-electron chi connectivity index (χ1n) is 6.06. The lowest BCUT2D eigenvalue weighted by atomic mass is 10.2. The molecule has 18 heavy (non-hydrogen) atoms. The maximum atomic E-state index is 13.1. The highest BCUT2D eigenvalue weighted by molar-refractivity contribution is 9.10. The van der Waals surface area contributed by atoms with Crippen LogP contribution in [0.5, 0.6) is 5.75 Å². The molecular weight excluding hydrogens is 301 g/mol. The minimum Gasteiger partial charge on any atom is -0.491 e. The zero-order valence-corrected chi connectivity index (χ0v) is 11.9. The van der Waals surface area contributed by atoms with Gasteiger partial charge in [0.05, 0.1) is 12.2 Å². The second kappa shape index (κ2) is 6.50. The predicted octanol–water partition coefficient (Wildman–Crippen LogP) is 2.73. The predicted molar refractivity (Wildman–Crippen MR) is 71.4 cm³/mol. The highest BCUT2D eigenvalue weighted by Gasteiger charge is 2.25. The van der Waals surface area contributed by atoms with E-state index in [1.54, 1.807) is 6.07 Å². The topological polar surface area (TPSA) is 30.5 Å². The average Bonchev–Trinajstić information content (AvgIpc) is 2.74. The normalized spacial score (nSPS) is 23.3. The fraction of sp³-hybridized carbons (Fsp3) is 0.538. The minimum absolute atomic E-state index is 0.102. The van der Waals surface area contributed by atoms with Crippen LogP contribution >= 0.6 is 15.9 Å². The molecule has 1 fully saturated rings. The number of hydrogen-bond acceptors (Lipinski definition) is 3. The molecular formula is C13H17BrFNO2. The molecule has 2 atom stereocenters. The Bertz CT molecular complexity index is 382. The van der Waals surface area contributed by atoms with Crippen LogP contribution in [0.15, 0.2) is 22.7 Å². The van der Waals surface area contributed by atoms with E-state index in [9.17, 15) is 4.39 Å². The third-order valence-corrected chi connectivity index (χ3v) is 3.36. The number of halogens is 2. The summed E-state index contributed by atoms with van der Waals surface area (Å²) in [5, 5.41) is 3.10.